The Balaban J connectivity index is 1.98. The topological polar surface area (TPSA) is 65.5 Å². The molecule has 0 aliphatic carbocycles. The van der Waals surface area contributed by atoms with Gasteiger partial charge in [0.1, 0.15) is 5.82 Å². The Morgan fingerprint density at radius 1 is 1.27 bits per heavy atom. The molecule has 0 fully saturated rings. The number of nitrogens with zero attached hydrogens (tertiary/aromatic N) is 6. The first-order valence-corrected chi connectivity index (χ1v) is 8.80. The summed E-state index contributed by atoms with van der Waals surface area (Å²) in [5.41, 5.74) is 4.47. The van der Waals surface area contributed by atoms with Gasteiger partial charge in [0.15, 0.2) is 0 Å². The van der Waals surface area contributed by atoms with Crippen molar-refractivity contribution in [3.63, 3.8) is 0 Å². The van der Waals surface area contributed by atoms with Gasteiger partial charge in [-0.3, -0.25) is 9.78 Å². The second-order valence-corrected chi connectivity index (χ2v) is 7.02. The fourth-order valence-corrected chi connectivity index (χ4v) is 3.19. The molecule has 0 unspecified atom stereocenters. The van der Waals surface area contributed by atoms with Crippen molar-refractivity contribution in [2.24, 2.45) is 0 Å². The van der Waals surface area contributed by atoms with E-state index in [0.29, 0.717) is 19.0 Å². The Morgan fingerprint density at radius 3 is 2.69 bits per heavy atom. The number of carbonyl (C=O) groups is 1. The lowest BCUT2D eigenvalue weighted by atomic mass is 10.0. The van der Waals surface area contributed by atoms with Gasteiger partial charge >= 0.3 is 0 Å². The van der Waals surface area contributed by atoms with Crippen LogP contribution in [0.15, 0.2) is 18.5 Å². The van der Waals surface area contributed by atoms with Crippen LogP contribution in [0.25, 0.3) is 0 Å². The summed E-state index contributed by atoms with van der Waals surface area (Å²) in [5.74, 6) is 1.70. The van der Waals surface area contributed by atoms with Gasteiger partial charge in [0, 0.05) is 59.1 Å². The highest BCUT2D eigenvalue weighted by Gasteiger charge is 2.25. The zero-order valence-electron chi connectivity index (χ0n) is 16.2. The minimum absolute atomic E-state index is 0.0861. The third kappa shape index (κ3) is 3.61. The summed E-state index contributed by atoms with van der Waals surface area (Å²) in [4.78, 5) is 31.4. The SMILES string of the molecule is CC(=O)N1CCc2c(nc(N(C)C)nc2N(C)Cc2ccncc2C)C1. The molecule has 0 spiro atoms. The zero-order valence-corrected chi connectivity index (χ0v) is 16.2. The smallest absolute Gasteiger partial charge is 0.227 e. The van der Waals surface area contributed by atoms with Crippen LogP contribution >= 0.6 is 0 Å². The molecule has 7 nitrogen and oxygen atoms in total. The predicted octanol–water partition coefficient (Wildman–Crippen LogP) is 1.79. The van der Waals surface area contributed by atoms with E-state index in [1.54, 1.807) is 6.92 Å². The van der Waals surface area contributed by atoms with Crippen LogP contribution in [0.5, 0.6) is 0 Å². The summed E-state index contributed by atoms with van der Waals surface area (Å²) in [5, 5.41) is 0. The third-order valence-corrected chi connectivity index (χ3v) is 4.78. The van der Waals surface area contributed by atoms with Crippen LogP contribution in [-0.2, 0) is 24.3 Å². The normalized spacial score (nSPS) is 13.3. The lowest BCUT2D eigenvalue weighted by molar-refractivity contribution is -0.129. The summed E-state index contributed by atoms with van der Waals surface area (Å²) >= 11 is 0. The molecule has 0 saturated carbocycles. The van der Waals surface area contributed by atoms with E-state index in [0.717, 1.165) is 35.6 Å². The van der Waals surface area contributed by atoms with Crippen molar-refractivity contribution in [2.45, 2.75) is 33.4 Å². The van der Waals surface area contributed by atoms with Crippen LogP contribution in [0.2, 0.25) is 0 Å². The summed E-state index contributed by atoms with van der Waals surface area (Å²) in [6, 6.07) is 2.05. The number of carbonyl (C=O) groups excluding carboxylic acids is 1. The van der Waals surface area contributed by atoms with Crippen molar-refractivity contribution < 1.29 is 4.79 Å². The number of hydrogen-bond acceptors (Lipinski definition) is 6. The van der Waals surface area contributed by atoms with E-state index in [1.165, 1.54) is 5.56 Å². The third-order valence-electron chi connectivity index (χ3n) is 4.78. The molecule has 1 aliphatic heterocycles. The molecule has 3 rings (SSSR count). The Morgan fingerprint density at radius 2 is 2.04 bits per heavy atom. The van der Waals surface area contributed by atoms with E-state index < -0.39 is 0 Å². The van der Waals surface area contributed by atoms with Gasteiger partial charge in [0.2, 0.25) is 11.9 Å². The molecule has 138 valence electrons. The number of anilines is 2. The number of amides is 1. The standard InChI is InChI=1S/C19H26N6O/c1-13-10-20-8-6-15(13)11-24(5)18-16-7-9-25(14(2)26)12-17(16)21-19(22-18)23(3)4/h6,8,10H,7,9,11-12H2,1-5H3. The molecular weight excluding hydrogens is 328 g/mol. The fraction of sp³-hybridized carbons (Fsp3) is 0.474. The molecule has 0 saturated heterocycles. The molecule has 3 heterocycles. The van der Waals surface area contributed by atoms with Crippen LogP contribution in [0, 0.1) is 6.92 Å². The van der Waals surface area contributed by atoms with Gasteiger partial charge in [0.05, 0.1) is 12.2 Å². The molecule has 1 amide bonds. The van der Waals surface area contributed by atoms with Gasteiger partial charge in [-0.2, -0.15) is 4.98 Å². The van der Waals surface area contributed by atoms with Crippen molar-refractivity contribution in [3.8, 4) is 0 Å². The van der Waals surface area contributed by atoms with Crippen LogP contribution in [-0.4, -0.2) is 53.4 Å². The van der Waals surface area contributed by atoms with E-state index >= 15 is 0 Å². The first-order chi connectivity index (χ1) is 12.4. The lowest BCUT2D eigenvalue weighted by Crippen LogP contribution is -2.36. The first kappa shape index (κ1) is 18.1. The maximum absolute atomic E-state index is 11.8. The molecule has 2 aromatic rings. The average molecular weight is 354 g/mol. The van der Waals surface area contributed by atoms with Crippen molar-refractivity contribution in [2.75, 3.05) is 37.5 Å². The second kappa shape index (κ2) is 7.27. The maximum Gasteiger partial charge on any atom is 0.227 e. The second-order valence-electron chi connectivity index (χ2n) is 7.02. The van der Waals surface area contributed by atoms with Crippen LogP contribution in [0.3, 0.4) is 0 Å². The average Bonchev–Trinajstić information content (AvgIpc) is 2.61. The Kier molecular flexibility index (Phi) is 5.06. The van der Waals surface area contributed by atoms with Gasteiger partial charge in [-0.05, 0) is 30.5 Å². The summed E-state index contributed by atoms with van der Waals surface area (Å²) in [6.45, 7) is 5.69. The largest absolute Gasteiger partial charge is 0.355 e. The van der Waals surface area contributed by atoms with Gasteiger partial charge in [-0.1, -0.05) is 0 Å². The van der Waals surface area contributed by atoms with E-state index in [9.17, 15) is 4.79 Å². The fourth-order valence-electron chi connectivity index (χ4n) is 3.19. The summed E-state index contributed by atoms with van der Waals surface area (Å²) in [6.07, 6.45) is 4.48. The molecule has 0 N–H and O–H groups in total. The van der Waals surface area contributed by atoms with Crippen molar-refractivity contribution in [3.05, 3.63) is 40.8 Å². The molecular formula is C19H26N6O. The van der Waals surface area contributed by atoms with Gasteiger partial charge in [-0.15, -0.1) is 0 Å². The van der Waals surface area contributed by atoms with E-state index in [-0.39, 0.29) is 5.91 Å². The molecule has 0 radical (unpaired) electrons. The van der Waals surface area contributed by atoms with Gasteiger partial charge < -0.3 is 14.7 Å². The van der Waals surface area contributed by atoms with Crippen molar-refractivity contribution >= 4 is 17.7 Å². The Labute approximate surface area is 154 Å². The van der Waals surface area contributed by atoms with Gasteiger partial charge in [0.25, 0.3) is 0 Å². The molecule has 26 heavy (non-hydrogen) atoms. The Bertz CT molecular complexity index is 820. The predicted molar refractivity (Wildman–Crippen MR) is 102 cm³/mol. The van der Waals surface area contributed by atoms with Crippen molar-refractivity contribution in [1.29, 1.82) is 0 Å². The lowest BCUT2D eigenvalue weighted by Gasteiger charge is -2.31. The molecule has 0 atom stereocenters. The first-order valence-electron chi connectivity index (χ1n) is 8.80. The molecule has 2 aromatic heterocycles. The van der Waals surface area contributed by atoms with E-state index in [4.69, 9.17) is 9.97 Å². The quantitative estimate of drug-likeness (QED) is 0.834. The summed E-state index contributed by atoms with van der Waals surface area (Å²) in [7, 11) is 5.92. The number of hydrogen-bond donors (Lipinski definition) is 0. The number of fused-ring (bicyclic) bond motifs is 1. The Hall–Kier alpha value is -2.70. The van der Waals surface area contributed by atoms with Crippen molar-refractivity contribution in [1.82, 2.24) is 19.9 Å². The van der Waals surface area contributed by atoms with Crippen LogP contribution in [0.4, 0.5) is 11.8 Å². The molecule has 0 aromatic carbocycles. The minimum atomic E-state index is 0.0861. The zero-order chi connectivity index (χ0) is 18.8. The number of aryl methyl sites for hydroxylation is 1. The minimum Gasteiger partial charge on any atom is -0.355 e. The van der Waals surface area contributed by atoms with E-state index in [1.807, 2.05) is 42.4 Å². The highest BCUT2D eigenvalue weighted by molar-refractivity contribution is 5.73. The molecule has 0 bridgehead atoms. The van der Waals surface area contributed by atoms with Crippen LogP contribution < -0.4 is 9.80 Å². The number of pyridine rings is 1. The maximum atomic E-state index is 11.8. The van der Waals surface area contributed by atoms with Gasteiger partial charge in [-0.25, -0.2) is 4.98 Å². The number of aromatic nitrogens is 3. The van der Waals surface area contributed by atoms with Crippen LogP contribution in [0.1, 0.15) is 29.3 Å². The number of rotatable bonds is 4. The molecule has 1 aliphatic rings. The monoisotopic (exact) mass is 354 g/mol. The highest BCUT2D eigenvalue weighted by atomic mass is 16.2. The molecule has 7 heteroatoms. The van der Waals surface area contributed by atoms with E-state index in [2.05, 4.69) is 23.9 Å². The summed E-state index contributed by atoms with van der Waals surface area (Å²) < 4.78 is 0. The highest BCUT2D eigenvalue weighted by Crippen LogP contribution is 2.29.